The third-order valence-corrected chi connectivity index (χ3v) is 3.61. The van der Waals surface area contributed by atoms with Gasteiger partial charge in [-0.1, -0.05) is 23.2 Å². The van der Waals surface area contributed by atoms with Crippen LogP contribution < -0.4 is 5.32 Å². The predicted octanol–water partition coefficient (Wildman–Crippen LogP) is 3.90. The summed E-state index contributed by atoms with van der Waals surface area (Å²) in [6.45, 7) is 0.746. The maximum absolute atomic E-state index is 5.97. The van der Waals surface area contributed by atoms with Crippen LogP contribution >= 0.6 is 23.2 Å². The minimum absolute atomic E-state index is 0.505. The van der Waals surface area contributed by atoms with Crippen LogP contribution in [0.4, 0.5) is 0 Å². The molecule has 1 N–H and O–H groups in total. The smallest absolute Gasteiger partial charge is 0.226 e. The molecule has 0 amide bonds. The fraction of sp³-hybridized carbons (Fsp3) is 0.308. The van der Waals surface area contributed by atoms with E-state index >= 15 is 0 Å². The fourth-order valence-corrected chi connectivity index (χ4v) is 1.98. The number of rotatable bonds is 4. The Morgan fingerprint density at radius 2 is 2.11 bits per heavy atom. The van der Waals surface area contributed by atoms with Gasteiger partial charge in [-0.05, 0) is 31.0 Å². The van der Waals surface area contributed by atoms with E-state index in [-0.39, 0.29) is 0 Å². The number of halogens is 2. The van der Waals surface area contributed by atoms with Crippen LogP contribution in [0.15, 0.2) is 28.9 Å². The van der Waals surface area contributed by atoms with Crippen molar-refractivity contribution >= 4 is 23.2 Å². The van der Waals surface area contributed by atoms with E-state index in [2.05, 4.69) is 10.3 Å². The molecule has 1 aliphatic carbocycles. The van der Waals surface area contributed by atoms with Gasteiger partial charge in [-0.2, -0.15) is 0 Å². The van der Waals surface area contributed by atoms with E-state index in [4.69, 9.17) is 27.6 Å². The molecule has 0 bridgehead atoms. The standard InChI is InChI=1S/C13H12Cl2N2O/c14-11-4-1-8(5-12(11)15)13-17-10(7-18-13)6-16-9-2-3-9/h1,4-5,7,9,16H,2-3,6H2. The number of oxazole rings is 1. The van der Waals surface area contributed by atoms with Crippen molar-refractivity contribution in [3.8, 4) is 11.5 Å². The maximum Gasteiger partial charge on any atom is 0.226 e. The van der Waals surface area contributed by atoms with E-state index in [1.807, 2.05) is 6.07 Å². The lowest BCUT2D eigenvalue weighted by Gasteiger charge is -1.98. The Bertz CT molecular complexity index is 564. The molecular weight excluding hydrogens is 271 g/mol. The van der Waals surface area contributed by atoms with Gasteiger partial charge in [0, 0.05) is 18.2 Å². The molecule has 5 heteroatoms. The highest BCUT2D eigenvalue weighted by Gasteiger charge is 2.20. The molecule has 1 fully saturated rings. The van der Waals surface area contributed by atoms with Crippen LogP contribution in [0.1, 0.15) is 18.5 Å². The summed E-state index contributed by atoms with van der Waals surface area (Å²) >= 11 is 11.8. The molecule has 18 heavy (non-hydrogen) atoms. The Morgan fingerprint density at radius 3 is 2.83 bits per heavy atom. The van der Waals surface area contributed by atoms with Crippen LogP contribution in [0.25, 0.3) is 11.5 Å². The third-order valence-electron chi connectivity index (χ3n) is 2.87. The summed E-state index contributed by atoms with van der Waals surface area (Å²) in [5, 5.41) is 4.42. The first-order valence-electron chi connectivity index (χ1n) is 5.85. The highest BCUT2D eigenvalue weighted by molar-refractivity contribution is 6.42. The molecule has 0 radical (unpaired) electrons. The zero-order valence-corrected chi connectivity index (χ0v) is 11.1. The van der Waals surface area contributed by atoms with E-state index in [1.54, 1.807) is 18.4 Å². The SMILES string of the molecule is Clc1ccc(-c2nc(CNC3CC3)co2)cc1Cl. The van der Waals surface area contributed by atoms with Gasteiger partial charge in [0.1, 0.15) is 6.26 Å². The molecule has 3 nitrogen and oxygen atoms in total. The van der Waals surface area contributed by atoms with Gasteiger partial charge in [0.05, 0.1) is 15.7 Å². The summed E-state index contributed by atoms with van der Waals surface area (Å²) in [5.41, 5.74) is 1.74. The van der Waals surface area contributed by atoms with Crippen LogP contribution in [0.5, 0.6) is 0 Å². The Labute approximate surface area is 115 Å². The van der Waals surface area contributed by atoms with Crippen molar-refractivity contribution in [3.05, 3.63) is 40.2 Å². The van der Waals surface area contributed by atoms with E-state index in [0.29, 0.717) is 22.0 Å². The Kier molecular flexibility index (Phi) is 3.29. The van der Waals surface area contributed by atoms with Gasteiger partial charge in [0.15, 0.2) is 0 Å². The zero-order chi connectivity index (χ0) is 12.5. The third kappa shape index (κ3) is 2.69. The number of hydrogen-bond donors (Lipinski definition) is 1. The zero-order valence-electron chi connectivity index (χ0n) is 9.62. The van der Waals surface area contributed by atoms with Gasteiger partial charge in [-0.25, -0.2) is 4.98 Å². The molecule has 94 valence electrons. The molecule has 1 saturated carbocycles. The summed E-state index contributed by atoms with van der Waals surface area (Å²) in [5.74, 6) is 0.571. The van der Waals surface area contributed by atoms with Crippen molar-refractivity contribution in [2.24, 2.45) is 0 Å². The van der Waals surface area contributed by atoms with E-state index in [0.717, 1.165) is 17.8 Å². The fourth-order valence-electron chi connectivity index (χ4n) is 1.69. The first-order chi connectivity index (χ1) is 8.72. The number of hydrogen-bond acceptors (Lipinski definition) is 3. The lowest BCUT2D eigenvalue weighted by Crippen LogP contribution is -2.15. The molecule has 0 spiro atoms. The van der Waals surface area contributed by atoms with Crippen LogP contribution in [-0.2, 0) is 6.54 Å². The minimum atomic E-state index is 0.505. The lowest BCUT2D eigenvalue weighted by atomic mass is 10.2. The molecule has 0 aliphatic heterocycles. The molecule has 0 atom stereocenters. The molecular formula is C13H12Cl2N2O. The van der Waals surface area contributed by atoms with Crippen molar-refractivity contribution in [1.82, 2.24) is 10.3 Å². The number of nitrogens with one attached hydrogen (secondary N) is 1. The van der Waals surface area contributed by atoms with E-state index in [1.165, 1.54) is 12.8 Å². The molecule has 1 aromatic carbocycles. The molecule has 1 aromatic heterocycles. The largest absolute Gasteiger partial charge is 0.444 e. The number of nitrogens with zero attached hydrogens (tertiary/aromatic N) is 1. The van der Waals surface area contributed by atoms with Gasteiger partial charge >= 0.3 is 0 Å². The molecule has 0 unspecified atom stereocenters. The summed E-state index contributed by atoms with van der Waals surface area (Å²) in [6, 6.07) is 6.01. The predicted molar refractivity (Wildman–Crippen MR) is 71.8 cm³/mol. The second-order valence-corrected chi connectivity index (χ2v) is 5.24. The normalized spacial score (nSPS) is 15.0. The summed E-state index contributed by atoms with van der Waals surface area (Å²) in [7, 11) is 0. The van der Waals surface area contributed by atoms with Crippen LogP contribution in [-0.4, -0.2) is 11.0 Å². The number of benzene rings is 1. The monoisotopic (exact) mass is 282 g/mol. The maximum atomic E-state index is 5.97. The van der Waals surface area contributed by atoms with Crippen molar-refractivity contribution < 1.29 is 4.42 Å². The molecule has 1 heterocycles. The van der Waals surface area contributed by atoms with Gasteiger partial charge in [-0.15, -0.1) is 0 Å². The van der Waals surface area contributed by atoms with Crippen molar-refractivity contribution in [2.45, 2.75) is 25.4 Å². The van der Waals surface area contributed by atoms with Crippen LogP contribution in [0.2, 0.25) is 10.0 Å². The molecule has 3 rings (SSSR count). The topological polar surface area (TPSA) is 38.1 Å². The van der Waals surface area contributed by atoms with Gasteiger partial charge in [-0.3, -0.25) is 0 Å². The first-order valence-corrected chi connectivity index (χ1v) is 6.61. The van der Waals surface area contributed by atoms with Gasteiger partial charge in [0.25, 0.3) is 0 Å². The minimum Gasteiger partial charge on any atom is -0.444 e. The van der Waals surface area contributed by atoms with Gasteiger partial charge in [0.2, 0.25) is 5.89 Å². The van der Waals surface area contributed by atoms with Gasteiger partial charge < -0.3 is 9.73 Å². The van der Waals surface area contributed by atoms with Crippen LogP contribution in [0, 0.1) is 0 Å². The Balaban J connectivity index is 1.76. The second-order valence-electron chi connectivity index (χ2n) is 4.43. The highest BCUT2D eigenvalue weighted by atomic mass is 35.5. The van der Waals surface area contributed by atoms with Crippen molar-refractivity contribution in [1.29, 1.82) is 0 Å². The number of aromatic nitrogens is 1. The quantitative estimate of drug-likeness (QED) is 0.924. The van der Waals surface area contributed by atoms with Crippen molar-refractivity contribution in [3.63, 3.8) is 0 Å². The summed E-state index contributed by atoms with van der Waals surface area (Å²) in [4.78, 5) is 4.42. The van der Waals surface area contributed by atoms with Crippen LogP contribution in [0.3, 0.4) is 0 Å². The average molecular weight is 283 g/mol. The Morgan fingerprint density at radius 1 is 1.28 bits per heavy atom. The average Bonchev–Trinajstić information content (AvgIpc) is 3.08. The first kappa shape index (κ1) is 12.0. The summed E-state index contributed by atoms with van der Waals surface area (Å²) in [6.07, 6.45) is 4.20. The molecule has 0 saturated heterocycles. The van der Waals surface area contributed by atoms with E-state index < -0.39 is 0 Å². The van der Waals surface area contributed by atoms with Crippen molar-refractivity contribution in [2.75, 3.05) is 0 Å². The van der Waals surface area contributed by atoms with E-state index in [9.17, 15) is 0 Å². The second kappa shape index (κ2) is 4.92. The lowest BCUT2D eigenvalue weighted by molar-refractivity contribution is 0.570. The molecule has 1 aliphatic rings. The summed E-state index contributed by atoms with van der Waals surface area (Å²) < 4.78 is 5.45. The Hall–Kier alpha value is -1.03. The molecule has 2 aromatic rings. The highest BCUT2D eigenvalue weighted by Crippen LogP contribution is 2.28.